The standard InChI is InChI=1S/C21H26FN7OS/c1-12(15-9-16(22)11-24-10-15)26-21-28-17(18-19(29-21)27-13(2)31-18)20(30)25-8-5-14-3-6-23-7-4-14/h9-12,14,23H,3-8H2,1-2H3,(H,25,30)(H,26,28,29). The number of halogens is 1. The van der Waals surface area contributed by atoms with Crippen molar-refractivity contribution in [1.82, 2.24) is 30.6 Å². The van der Waals surface area contributed by atoms with Crippen LogP contribution in [0.3, 0.4) is 0 Å². The summed E-state index contributed by atoms with van der Waals surface area (Å²) >= 11 is 1.40. The maximum absolute atomic E-state index is 13.5. The van der Waals surface area contributed by atoms with Crippen molar-refractivity contribution in [3.05, 3.63) is 40.5 Å². The summed E-state index contributed by atoms with van der Waals surface area (Å²) in [7, 11) is 0. The summed E-state index contributed by atoms with van der Waals surface area (Å²) in [5.74, 6) is 0.271. The number of carbonyl (C=O) groups is 1. The topological polar surface area (TPSA) is 105 Å². The summed E-state index contributed by atoms with van der Waals surface area (Å²) in [6.45, 7) is 6.42. The second-order valence-corrected chi connectivity index (χ2v) is 9.03. The number of nitrogens with one attached hydrogen (secondary N) is 3. The van der Waals surface area contributed by atoms with Gasteiger partial charge in [-0.1, -0.05) is 0 Å². The van der Waals surface area contributed by atoms with Crippen molar-refractivity contribution in [1.29, 1.82) is 0 Å². The van der Waals surface area contributed by atoms with E-state index in [1.807, 2.05) is 13.8 Å². The molecule has 1 atom stereocenters. The molecule has 8 nitrogen and oxygen atoms in total. The van der Waals surface area contributed by atoms with Crippen molar-refractivity contribution in [3.63, 3.8) is 0 Å². The second-order valence-electron chi connectivity index (χ2n) is 7.82. The Labute approximate surface area is 184 Å². The summed E-state index contributed by atoms with van der Waals surface area (Å²) < 4.78 is 14.2. The molecular weight excluding hydrogens is 417 g/mol. The van der Waals surface area contributed by atoms with Crippen LogP contribution in [0.25, 0.3) is 10.3 Å². The minimum absolute atomic E-state index is 0.229. The highest BCUT2D eigenvalue weighted by atomic mass is 32.1. The van der Waals surface area contributed by atoms with E-state index in [4.69, 9.17) is 0 Å². The van der Waals surface area contributed by atoms with Crippen LogP contribution >= 0.6 is 11.3 Å². The first-order chi connectivity index (χ1) is 15.0. The van der Waals surface area contributed by atoms with Crippen LogP contribution in [0, 0.1) is 18.7 Å². The number of piperidine rings is 1. The van der Waals surface area contributed by atoms with Gasteiger partial charge in [0.05, 0.1) is 17.2 Å². The molecule has 3 N–H and O–H groups in total. The molecule has 1 aliphatic rings. The molecule has 1 saturated heterocycles. The lowest BCUT2D eigenvalue weighted by Crippen LogP contribution is -2.31. The molecule has 1 fully saturated rings. The van der Waals surface area contributed by atoms with Crippen molar-refractivity contribution in [3.8, 4) is 0 Å². The maximum Gasteiger partial charge on any atom is 0.271 e. The van der Waals surface area contributed by atoms with Gasteiger partial charge in [-0.3, -0.25) is 9.78 Å². The Morgan fingerprint density at radius 1 is 1.29 bits per heavy atom. The molecule has 0 aliphatic carbocycles. The highest BCUT2D eigenvalue weighted by Crippen LogP contribution is 2.26. The first-order valence-corrected chi connectivity index (χ1v) is 11.3. The Balaban J connectivity index is 1.50. The van der Waals surface area contributed by atoms with Crippen LogP contribution in [0.4, 0.5) is 10.3 Å². The number of amides is 1. The molecule has 3 aromatic heterocycles. The molecule has 0 aromatic carbocycles. The number of hydrogen-bond acceptors (Lipinski definition) is 8. The van der Waals surface area contributed by atoms with Crippen molar-refractivity contribution in [2.45, 2.75) is 39.2 Å². The van der Waals surface area contributed by atoms with Gasteiger partial charge in [0.15, 0.2) is 11.3 Å². The van der Waals surface area contributed by atoms with Gasteiger partial charge in [0.2, 0.25) is 5.95 Å². The average molecular weight is 444 g/mol. The van der Waals surface area contributed by atoms with E-state index in [1.165, 1.54) is 17.4 Å². The number of thiazole rings is 1. The summed E-state index contributed by atoms with van der Waals surface area (Å²) in [4.78, 5) is 30.2. The number of aryl methyl sites for hydroxylation is 1. The lowest BCUT2D eigenvalue weighted by atomic mass is 9.95. The normalized spacial score (nSPS) is 15.7. The van der Waals surface area contributed by atoms with Gasteiger partial charge in [-0.15, -0.1) is 11.3 Å². The maximum atomic E-state index is 13.5. The minimum atomic E-state index is -0.411. The van der Waals surface area contributed by atoms with Crippen molar-refractivity contribution >= 4 is 33.5 Å². The van der Waals surface area contributed by atoms with Gasteiger partial charge in [-0.2, -0.15) is 4.98 Å². The molecule has 4 rings (SSSR count). The van der Waals surface area contributed by atoms with Gasteiger partial charge in [-0.05, 0) is 63.7 Å². The van der Waals surface area contributed by atoms with Crippen LogP contribution in [0.1, 0.15) is 53.3 Å². The SMILES string of the molecule is Cc1nc2nc(NC(C)c3cncc(F)c3)nc(C(=O)NCCC3CCNCC3)c2s1. The van der Waals surface area contributed by atoms with E-state index in [1.54, 1.807) is 6.20 Å². The molecule has 0 spiro atoms. The molecule has 31 heavy (non-hydrogen) atoms. The Morgan fingerprint density at radius 2 is 2.10 bits per heavy atom. The molecular formula is C21H26FN7OS. The van der Waals surface area contributed by atoms with Crippen molar-refractivity contribution in [2.24, 2.45) is 5.92 Å². The van der Waals surface area contributed by atoms with Crippen LogP contribution in [0.15, 0.2) is 18.5 Å². The molecule has 0 saturated carbocycles. The van der Waals surface area contributed by atoms with Crippen LogP contribution in [-0.2, 0) is 0 Å². The molecule has 0 bridgehead atoms. The minimum Gasteiger partial charge on any atom is -0.351 e. The predicted octanol–water partition coefficient (Wildman–Crippen LogP) is 3.22. The van der Waals surface area contributed by atoms with Gasteiger partial charge in [0, 0.05) is 12.7 Å². The van der Waals surface area contributed by atoms with Gasteiger partial charge in [0.1, 0.15) is 10.5 Å². The second kappa shape index (κ2) is 9.61. The van der Waals surface area contributed by atoms with Crippen LogP contribution < -0.4 is 16.0 Å². The molecule has 1 unspecified atom stereocenters. The van der Waals surface area contributed by atoms with Crippen molar-refractivity contribution < 1.29 is 9.18 Å². The monoisotopic (exact) mass is 443 g/mol. The summed E-state index contributed by atoms with van der Waals surface area (Å²) in [6, 6.07) is 1.11. The molecule has 1 aliphatic heterocycles. The number of carbonyl (C=O) groups excluding carboxylic acids is 1. The molecule has 0 radical (unpaired) electrons. The largest absolute Gasteiger partial charge is 0.351 e. The van der Waals surface area contributed by atoms with E-state index in [9.17, 15) is 9.18 Å². The van der Waals surface area contributed by atoms with Gasteiger partial charge in [-0.25, -0.2) is 14.4 Å². The van der Waals surface area contributed by atoms with E-state index in [0.29, 0.717) is 34.1 Å². The number of aromatic nitrogens is 4. The van der Waals surface area contributed by atoms with E-state index >= 15 is 0 Å². The first kappa shape index (κ1) is 21.5. The quantitative estimate of drug-likeness (QED) is 0.515. The number of nitrogens with zero attached hydrogens (tertiary/aromatic N) is 4. The van der Waals surface area contributed by atoms with Gasteiger partial charge >= 0.3 is 0 Å². The van der Waals surface area contributed by atoms with Gasteiger partial charge < -0.3 is 16.0 Å². The number of hydrogen-bond donors (Lipinski definition) is 3. The molecule has 4 heterocycles. The zero-order valence-electron chi connectivity index (χ0n) is 17.6. The highest BCUT2D eigenvalue weighted by Gasteiger charge is 2.20. The number of rotatable bonds is 7. The van der Waals surface area contributed by atoms with E-state index in [0.717, 1.165) is 43.6 Å². The zero-order valence-corrected chi connectivity index (χ0v) is 18.4. The third-order valence-electron chi connectivity index (χ3n) is 5.44. The fourth-order valence-electron chi connectivity index (χ4n) is 3.73. The smallest absolute Gasteiger partial charge is 0.271 e. The Morgan fingerprint density at radius 3 is 2.87 bits per heavy atom. The van der Waals surface area contributed by atoms with E-state index in [2.05, 4.69) is 35.9 Å². The third-order valence-corrected chi connectivity index (χ3v) is 6.41. The average Bonchev–Trinajstić information content (AvgIpc) is 3.13. The Hall–Kier alpha value is -2.72. The number of fused-ring (bicyclic) bond motifs is 1. The predicted molar refractivity (Wildman–Crippen MR) is 119 cm³/mol. The zero-order chi connectivity index (χ0) is 21.8. The van der Waals surface area contributed by atoms with Crippen molar-refractivity contribution in [2.75, 3.05) is 25.0 Å². The van der Waals surface area contributed by atoms with Crippen LogP contribution in [0.2, 0.25) is 0 Å². The fraction of sp³-hybridized carbons (Fsp3) is 0.476. The summed E-state index contributed by atoms with van der Waals surface area (Å²) in [5.41, 5.74) is 1.45. The first-order valence-electron chi connectivity index (χ1n) is 10.5. The lowest BCUT2D eigenvalue weighted by molar-refractivity contribution is 0.0947. The van der Waals surface area contributed by atoms with Crippen LogP contribution in [0.5, 0.6) is 0 Å². The van der Waals surface area contributed by atoms with E-state index < -0.39 is 5.82 Å². The third kappa shape index (κ3) is 5.31. The summed E-state index contributed by atoms with van der Waals surface area (Å²) in [6.07, 6.45) is 5.98. The Kier molecular flexibility index (Phi) is 6.67. The van der Waals surface area contributed by atoms with Crippen LogP contribution in [-0.4, -0.2) is 45.5 Å². The highest BCUT2D eigenvalue weighted by molar-refractivity contribution is 7.18. The van der Waals surface area contributed by atoms with E-state index in [-0.39, 0.29) is 17.9 Å². The van der Waals surface area contributed by atoms with Gasteiger partial charge in [0.25, 0.3) is 5.91 Å². The Bertz CT molecular complexity index is 1070. The fourth-order valence-corrected chi connectivity index (χ4v) is 4.58. The number of pyridine rings is 1. The lowest BCUT2D eigenvalue weighted by Gasteiger charge is -2.22. The molecule has 164 valence electrons. The molecule has 1 amide bonds. The molecule has 10 heteroatoms. The number of anilines is 1. The molecule has 3 aromatic rings. The summed E-state index contributed by atoms with van der Waals surface area (Å²) in [5, 5.41) is 10.3.